The van der Waals surface area contributed by atoms with Crippen molar-refractivity contribution in [1.29, 1.82) is 0 Å². The zero-order valence-electron chi connectivity index (χ0n) is 8.72. The Bertz CT molecular complexity index is 521. The van der Waals surface area contributed by atoms with Crippen LogP contribution in [0.1, 0.15) is 31.7 Å². The van der Waals surface area contributed by atoms with Crippen LogP contribution >= 0.6 is 12.2 Å². The van der Waals surface area contributed by atoms with Crippen LogP contribution in [0.5, 0.6) is 0 Å². The predicted molar refractivity (Wildman–Crippen MR) is 60.4 cm³/mol. The van der Waals surface area contributed by atoms with Crippen molar-refractivity contribution >= 4 is 12.2 Å². The Morgan fingerprint density at radius 1 is 1.44 bits per heavy atom. The zero-order valence-corrected chi connectivity index (χ0v) is 9.54. The van der Waals surface area contributed by atoms with Gasteiger partial charge in [-0.3, -0.25) is 9.67 Å². The van der Waals surface area contributed by atoms with E-state index < -0.39 is 0 Å². The molecular formula is C10H12N4OS. The molecule has 0 aromatic carbocycles. The molecule has 2 heterocycles. The van der Waals surface area contributed by atoms with Crippen molar-refractivity contribution in [3.8, 4) is 11.4 Å². The van der Waals surface area contributed by atoms with Crippen LogP contribution in [0, 0.1) is 4.77 Å². The molecule has 0 bridgehead atoms. The molecule has 1 N–H and O–H groups in total. The summed E-state index contributed by atoms with van der Waals surface area (Å²) in [6.45, 7) is 0. The van der Waals surface area contributed by atoms with E-state index >= 15 is 0 Å². The predicted octanol–water partition coefficient (Wildman–Crippen LogP) is 2.71. The van der Waals surface area contributed by atoms with Crippen LogP contribution < -0.4 is 0 Å². The first kappa shape index (κ1) is 9.77. The molecule has 0 saturated heterocycles. The average Bonchev–Trinajstić information content (AvgIpc) is 2.96. The van der Waals surface area contributed by atoms with Crippen molar-refractivity contribution in [3.05, 3.63) is 17.2 Å². The Balaban J connectivity index is 2.09. The van der Waals surface area contributed by atoms with Gasteiger partial charge in [0.1, 0.15) is 6.26 Å². The number of nitrogens with zero attached hydrogens (tertiary/aromatic N) is 3. The molecule has 0 atom stereocenters. The Labute approximate surface area is 97.5 Å². The highest BCUT2D eigenvalue weighted by atomic mass is 32.1. The first-order valence-corrected chi connectivity index (χ1v) is 5.84. The molecule has 2 aromatic rings. The maximum atomic E-state index is 5.28. The average molecular weight is 236 g/mol. The lowest BCUT2D eigenvalue weighted by molar-refractivity contribution is 0.420. The van der Waals surface area contributed by atoms with Gasteiger partial charge in [0.05, 0.1) is 11.8 Å². The highest BCUT2D eigenvalue weighted by molar-refractivity contribution is 7.71. The molecule has 0 unspecified atom stereocenters. The molecule has 5 nitrogen and oxygen atoms in total. The van der Waals surface area contributed by atoms with Crippen LogP contribution in [0.2, 0.25) is 0 Å². The third-order valence-electron chi connectivity index (χ3n) is 3.08. The number of nitrogens with one attached hydrogen (secondary N) is 1. The second-order valence-electron chi connectivity index (χ2n) is 4.07. The molecule has 1 aliphatic carbocycles. The molecule has 0 aliphatic heterocycles. The standard InChI is InChI=1S/C10H12N4OS/c16-10-13-12-9(7-5-11-15-6-7)14(10)8-3-1-2-4-8/h5-6,8H,1-4H2,(H,13,16). The lowest BCUT2D eigenvalue weighted by atomic mass is 10.2. The fraction of sp³-hybridized carbons (Fsp3) is 0.500. The smallest absolute Gasteiger partial charge is 0.195 e. The van der Waals surface area contributed by atoms with Gasteiger partial charge >= 0.3 is 0 Å². The molecular weight excluding hydrogens is 224 g/mol. The van der Waals surface area contributed by atoms with Gasteiger partial charge in [-0.25, -0.2) is 0 Å². The second-order valence-corrected chi connectivity index (χ2v) is 4.46. The van der Waals surface area contributed by atoms with Crippen molar-refractivity contribution < 1.29 is 4.52 Å². The summed E-state index contributed by atoms with van der Waals surface area (Å²) in [6, 6.07) is 0.469. The molecule has 0 amide bonds. The fourth-order valence-corrected chi connectivity index (χ4v) is 2.61. The summed E-state index contributed by atoms with van der Waals surface area (Å²) in [5, 5.41) is 10.8. The van der Waals surface area contributed by atoms with E-state index in [4.69, 9.17) is 16.7 Å². The Kier molecular flexibility index (Phi) is 2.36. The lowest BCUT2D eigenvalue weighted by Crippen LogP contribution is -2.06. The molecule has 0 radical (unpaired) electrons. The lowest BCUT2D eigenvalue weighted by Gasteiger charge is -2.12. The third-order valence-corrected chi connectivity index (χ3v) is 3.37. The minimum absolute atomic E-state index is 0.469. The Morgan fingerprint density at radius 3 is 2.94 bits per heavy atom. The maximum absolute atomic E-state index is 5.28. The molecule has 0 spiro atoms. The van der Waals surface area contributed by atoms with Gasteiger partial charge in [-0.15, -0.1) is 0 Å². The van der Waals surface area contributed by atoms with Crippen LogP contribution in [0.3, 0.4) is 0 Å². The molecule has 84 valence electrons. The summed E-state index contributed by atoms with van der Waals surface area (Å²) in [5.74, 6) is 0.832. The number of H-pyrrole nitrogens is 1. The minimum atomic E-state index is 0.469. The van der Waals surface area contributed by atoms with Gasteiger partial charge in [-0.05, 0) is 25.1 Å². The zero-order chi connectivity index (χ0) is 11.0. The van der Waals surface area contributed by atoms with Gasteiger partial charge in [0.25, 0.3) is 0 Å². The van der Waals surface area contributed by atoms with E-state index in [9.17, 15) is 0 Å². The maximum Gasteiger partial charge on any atom is 0.195 e. The first-order chi connectivity index (χ1) is 7.86. The van der Waals surface area contributed by atoms with Crippen molar-refractivity contribution in [2.24, 2.45) is 0 Å². The fourth-order valence-electron chi connectivity index (χ4n) is 2.32. The van der Waals surface area contributed by atoms with Gasteiger partial charge in [-0.1, -0.05) is 18.0 Å². The number of aromatic nitrogens is 4. The highest BCUT2D eigenvalue weighted by Crippen LogP contribution is 2.32. The number of hydrogen-bond acceptors (Lipinski definition) is 4. The van der Waals surface area contributed by atoms with Gasteiger partial charge in [0.15, 0.2) is 10.6 Å². The Morgan fingerprint density at radius 2 is 2.25 bits per heavy atom. The van der Waals surface area contributed by atoms with E-state index in [1.54, 1.807) is 12.5 Å². The van der Waals surface area contributed by atoms with Gasteiger partial charge in [-0.2, -0.15) is 5.10 Å². The topological polar surface area (TPSA) is 59.6 Å². The van der Waals surface area contributed by atoms with Crippen LogP contribution in [-0.2, 0) is 0 Å². The summed E-state index contributed by atoms with van der Waals surface area (Å²) in [5.41, 5.74) is 0.874. The minimum Gasteiger partial charge on any atom is -0.364 e. The highest BCUT2D eigenvalue weighted by Gasteiger charge is 2.22. The van der Waals surface area contributed by atoms with E-state index in [2.05, 4.69) is 19.9 Å². The van der Waals surface area contributed by atoms with Crippen LogP contribution in [0.4, 0.5) is 0 Å². The van der Waals surface area contributed by atoms with Crippen molar-refractivity contribution in [1.82, 2.24) is 19.9 Å². The van der Waals surface area contributed by atoms with Gasteiger partial charge in [0, 0.05) is 6.04 Å². The summed E-state index contributed by atoms with van der Waals surface area (Å²) >= 11 is 5.28. The van der Waals surface area contributed by atoms with Crippen molar-refractivity contribution in [2.45, 2.75) is 31.7 Å². The van der Waals surface area contributed by atoms with E-state index in [0.717, 1.165) is 11.4 Å². The van der Waals surface area contributed by atoms with Crippen molar-refractivity contribution in [3.63, 3.8) is 0 Å². The molecule has 3 rings (SSSR count). The van der Waals surface area contributed by atoms with Gasteiger partial charge < -0.3 is 4.52 Å². The van der Waals surface area contributed by atoms with Crippen molar-refractivity contribution in [2.75, 3.05) is 0 Å². The Hall–Kier alpha value is -1.43. The van der Waals surface area contributed by atoms with E-state index in [0.29, 0.717) is 10.8 Å². The summed E-state index contributed by atoms with van der Waals surface area (Å²) in [6.07, 6.45) is 8.13. The van der Waals surface area contributed by atoms with Crippen LogP contribution in [0.25, 0.3) is 11.4 Å². The number of rotatable bonds is 2. The second kappa shape index (κ2) is 3.86. The summed E-state index contributed by atoms with van der Waals surface area (Å²) in [4.78, 5) is 0. The number of aromatic amines is 1. The first-order valence-electron chi connectivity index (χ1n) is 5.43. The third kappa shape index (κ3) is 1.49. The van der Waals surface area contributed by atoms with Gasteiger partial charge in [0.2, 0.25) is 0 Å². The van der Waals surface area contributed by atoms with E-state index in [1.807, 2.05) is 0 Å². The summed E-state index contributed by atoms with van der Waals surface area (Å²) in [7, 11) is 0. The van der Waals surface area contributed by atoms with Crippen LogP contribution in [-0.4, -0.2) is 19.9 Å². The monoisotopic (exact) mass is 236 g/mol. The SMILES string of the molecule is S=c1[nH]nc(-c2cnoc2)n1C1CCCC1. The number of hydrogen-bond donors (Lipinski definition) is 1. The molecule has 1 saturated carbocycles. The van der Waals surface area contributed by atoms with Crippen LogP contribution in [0.15, 0.2) is 17.0 Å². The largest absolute Gasteiger partial charge is 0.364 e. The van der Waals surface area contributed by atoms with E-state index in [-0.39, 0.29) is 0 Å². The quantitative estimate of drug-likeness (QED) is 0.814. The molecule has 1 aliphatic rings. The van der Waals surface area contributed by atoms with E-state index in [1.165, 1.54) is 25.7 Å². The molecule has 2 aromatic heterocycles. The molecule has 16 heavy (non-hydrogen) atoms. The molecule has 1 fully saturated rings. The molecule has 6 heteroatoms. The normalized spacial score (nSPS) is 17.0. The summed E-state index contributed by atoms with van der Waals surface area (Å²) < 4.78 is 7.62.